The van der Waals surface area contributed by atoms with Crippen LogP contribution >= 0.6 is 0 Å². The van der Waals surface area contributed by atoms with E-state index < -0.39 is 0 Å². The molecule has 0 saturated heterocycles. The van der Waals surface area contributed by atoms with E-state index in [1.165, 1.54) is 16.7 Å². The molecular formula is C15H18. The molecule has 1 aliphatic rings. The standard InChI is InChI=1S/C15H18/c1-12-8-4-7-11-14(12)15(2,3)13-9-5-6-10-13/h4-9,11H,10H2,1-3H3. The molecule has 1 aromatic rings. The van der Waals surface area contributed by atoms with Crippen molar-refractivity contribution >= 4 is 0 Å². The Morgan fingerprint density at radius 1 is 1.13 bits per heavy atom. The molecule has 1 aliphatic carbocycles. The van der Waals surface area contributed by atoms with E-state index in [4.69, 9.17) is 0 Å². The van der Waals surface area contributed by atoms with Crippen molar-refractivity contribution in [2.75, 3.05) is 0 Å². The number of aryl methyl sites for hydroxylation is 1. The van der Waals surface area contributed by atoms with Gasteiger partial charge in [-0.25, -0.2) is 0 Å². The molecule has 0 bridgehead atoms. The van der Waals surface area contributed by atoms with Gasteiger partial charge in [0.1, 0.15) is 0 Å². The van der Waals surface area contributed by atoms with E-state index in [0.717, 1.165) is 6.42 Å². The van der Waals surface area contributed by atoms with Gasteiger partial charge in [0, 0.05) is 5.41 Å². The lowest BCUT2D eigenvalue weighted by atomic mass is 9.75. The molecule has 0 radical (unpaired) electrons. The second-order valence-electron chi connectivity index (χ2n) is 4.76. The Kier molecular flexibility index (Phi) is 2.52. The van der Waals surface area contributed by atoms with Gasteiger partial charge in [0.05, 0.1) is 0 Å². The quantitative estimate of drug-likeness (QED) is 0.669. The summed E-state index contributed by atoms with van der Waals surface area (Å²) in [6, 6.07) is 8.68. The van der Waals surface area contributed by atoms with Crippen LogP contribution in [0.5, 0.6) is 0 Å². The van der Waals surface area contributed by atoms with Crippen molar-refractivity contribution in [2.45, 2.75) is 32.6 Å². The van der Waals surface area contributed by atoms with Crippen molar-refractivity contribution < 1.29 is 0 Å². The van der Waals surface area contributed by atoms with E-state index in [1.807, 2.05) is 0 Å². The predicted octanol–water partition coefficient (Wildman–Crippen LogP) is 4.16. The van der Waals surface area contributed by atoms with Crippen LogP contribution < -0.4 is 0 Å². The zero-order valence-electron chi connectivity index (χ0n) is 9.75. The second kappa shape index (κ2) is 3.69. The summed E-state index contributed by atoms with van der Waals surface area (Å²) < 4.78 is 0. The lowest BCUT2D eigenvalue weighted by Gasteiger charge is -2.29. The van der Waals surface area contributed by atoms with Gasteiger partial charge in [-0.3, -0.25) is 0 Å². The van der Waals surface area contributed by atoms with Gasteiger partial charge in [-0.15, -0.1) is 0 Å². The molecule has 0 heteroatoms. The van der Waals surface area contributed by atoms with Crippen LogP contribution in [0.2, 0.25) is 0 Å². The minimum Gasteiger partial charge on any atom is -0.0804 e. The molecule has 0 nitrogen and oxygen atoms in total. The molecule has 0 atom stereocenters. The Morgan fingerprint density at radius 2 is 1.87 bits per heavy atom. The van der Waals surface area contributed by atoms with Crippen molar-refractivity contribution in [3.05, 3.63) is 59.2 Å². The molecule has 0 spiro atoms. The molecule has 0 fully saturated rings. The van der Waals surface area contributed by atoms with Crippen LogP contribution in [0.25, 0.3) is 0 Å². The number of rotatable bonds is 2. The van der Waals surface area contributed by atoms with Crippen molar-refractivity contribution in [2.24, 2.45) is 0 Å². The van der Waals surface area contributed by atoms with E-state index in [9.17, 15) is 0 Å². The van der Waals surface area contributed by atoms with E-state index >= 15 is 0 Å². The van der Waals surface area contributed by atoms with Gasteiger partial charge >= 0.3 is 0 Å². The summed E-state index contributed by atoms with van der Waals surface area (Å²) in [4.78, 5) is 0. The summed E-state index contributed by atoms with van der Waals surface area (Å²) >= 11 is 0. The summed E-state index contributed by atoms with van der Waals surface area (Å²) in [5.41, 5.74) is 4.50. The van der Waals surface area contributed by atoms with Gasteiger partial charge < -0.3 is 0 Å². The maximum absolute atomic E-state index is 2.31. The average molecular weight is 198 g/mol. The first-order valence-corrected chi connectivity index (χ1v) is 5.54. The molecule has 2 rings (SSSR count). The first-order chi connectivity index (χ1) is 7.12. The maximum Gasteiger partial charge on any atom is 0.0114 e. The van der Waals surface area contributed by atoms with Crippen LogP contribution in [0.15, 0.2) is 48.1 Å². The minimum absolute atomic E-state index is 0.162. The molecule has 1 aromatic carbocycles. The van der Waals surface area contributed by atoms with Gasteiger partial charge in [0.15, 0.2) is 0 Å². The molecule has 0 aliphatic heterocycles. The largest absolute Gasteiger partial charge is 0.0804 e. The lowest BCUT2D eigenvalue weighted by molar-refractivity contribution is 0.609. The highest BCUT2D eigenvalue weighted by Crippen LogP contribution is 2.36. The van der Waals surface area contributed by atoms with Gasteiger partial charge in [-0.2, -0.15) is 0 Å². The molecule has 78 valence electrons. The van der Waals surface area contributed by atoms with E-state index in [2.05, 4.69) is 63.3 Å². The number of allylic oxidation sites excluding steroid dienone is 4. The average Bonchev–Trinajstić information content (AvgIpc) is 2.71. The van der Waals surface area contributed by atoms with Crippen LogP contribution in [0.4, 0.5) is 0 Å². The van der Waals surface area contributed by atoms with Crippen LogP contribution in [0, 0.1) is 6.92 Å². The van der Waals surface area contributed by atoms with Crippen LogP contribution in [-0.2, 0) is 5.41 Å². The molecule has 0 amide bonds. The predicted molar refractivity (Wildman–Crippen MR) is 66.0 cm³/mol. The highest BCUT2D eigenvalue weighted by Gasteiger charge is 2.26. The van der Waals surface area contributed by atoms with Gasteiger partial charge in [0.25, 0.3) is 0 Å². The topological polar surface area (TPSA) is 0 Å². The monoisotopic (exact) mass is 198 g/mol. The third-order valence-corrected chi connectivity index (χ3v) is 3.39. The highest BCUT2D eigenvalue weighted by atomic mass is 14.3. The van der Waals surface area contributed by atoms with E-state index in [0.29, 0.717) is 0 Å². The van der Waals surface area contributed by atoms with Crippen molar-refractivity contribution in [3.8, 4) is 0 Å². The first-order valence-electron chi connectivity index (χ1n) is 5.54. The molecular weight excluding hydrogens is 180 g/mol. The van der Waals surface area contributed by atoms with Crippen molar-refractivity contribution in [3.63, 3.8) is 0 Å². The Labute approximate surface area is 92.3 Å². The first kappa shape index (κ1) is 10.2. The summed E-state index contributed by atoms with van der Waals surface area (Å²) in [5, 5.41) is 0. The van der Waals surface area contributed by atoms with Crippen LogP contribution in [0.3, 0.4) is 0 Å². The zero-order valence-corrected chi connectivity index (χ0v) is 9.75. The smallest absolute Gasteiger partial charge is 0.0114 e. The normalized spacial score (nSPS) is 15.5. The van der Waals surface area contributed by atoms with Gasteiger partial charge in [-0.05, 0) is 24.5 Å². The fourth-order valence-corrected chi connectivity index (χ4v) is 2.36. The van der Waals surface area contributed by atoms with E-state index in [-0.39, 0.29) is 5.41 Å². The number of benzene rings is 1. The fourth-order valence-electron chi connectivity index (χ4n) is 2.36. The van der Waals surface area contributed by atoms with Crippen LogP contribution in [0.1, 0.15) is 31.4 Å². The van der Waals surface area contributed by atoms with Crippen molar-refractivity contribution in [1.29, 1.82) is 0 Å². The second-order valence-corrected chi connectivity index (χ2v) is 4.76. The van der Waals surface area contributed by atoms with Gasteiger partial charge in [0.2, 0.25) is 0 Å². The van der Waals surface area contributed by atoms with Crippen molar-refractivity contribution in [1.82, 2.24) is 0 Å². The molecule has 15 heavy (non-hydrogen) atoms. The number of hydrogen-bond acceptors (Lipinski definition) is 0. The fraction of sp³-hybridized carbons (Fsp3) is 0.333. The maximum atomic E-state index is 2.31. The Bertz CT molecular complexity index is 419. The minimum atomic E-state index is 0.162. The van der Waals surface area contributed by atoms with Gasteiger partial charge in [-0.1, -0.05) is 61.9 Å². The summed E-state index contributed by atoms with van der Waals surface area (Å²) in [6.07, 6.45) is 7.75. The lowest BCUT2D eigenvalue weighted by Crippen LogP contribution is -2.20. The highest BCUT2D eigenvalue weighted by molar-refractivity contribution is 5.43. The molecule has 0 N–H and O–H groups in total. The van der Waals surface area contributed by atoms with Crippen LogP contribution in [-0.4, -0.2) is 0 Å². The molecule has 0 heterocycles. The van der Waals surface area contributed by atoms with E-state index in [1.54, 1.807) is 0 Å². The Hall–Kier alpha value is -1.30. The third kappa shape index (κ3) is 1.77. The Balaban J connectivity index is 2.41. The zero-order chi connectivity index (χ0) is 10.9. The molecule has 0 unspecified atom stereocenters. The number of hydrogen-bond donors (Lipinski definition) is 0. The summed E-state index contributed by atoms with van der Waals surface area (Å²) in [7, 11) is 0. The molecule has 0 aromatic heterocycles. The summed E-state index contributed by atoms with van der Waals surface area (Å²) in [5.74, 6) is 0. The Morgan fingerprint density at radius 3 is 2.47 bits per heavy atom. The third-order valence-electron chi connectivity index (χ3n) is 3.39. The SMILES string of the molecule is Cc1ccccc1C(C)(C)C1=CC=CC1. The molecule has 0 saturated carbocycles. The summed E-state index contributed by atoms with van der Waals surface area (Å²) in [6.45, 7) is 6.82.